The number of halogens is 1. The standard InChI is InChI=1S/C23H29FN2O2/c24-19-3-1-15(2-4-19)14-26(20-5-6-20)21(27)13-25-22(28)23-10-16-7-17(11-23)9-18(8-16)12-23/h1-4,16-18,20H,5-14H2,(H,25,28). The summed E-state index contributed by atoms with van der Waals surface area (Å²) >= 11 is 0. The second-order valence-electron chi connectivity index (χ2n) is 9.76. The van der Waals surface area contributed by atoms with E-state index in [-0.39, 0.29) is 35.6 Å². The fourth-order valence-corrected chi connectivity index (χ4v) is 6.43. The molecule has 4 bridgehead atoms. The predicted octanol–water partition coefficient (Wildman–Crippen LogP) is 3.65. The molecule has 1 aromatic rings. The number of benzene rings is 1. The summed E-state index contributed by atoms with van der Waals surface area (Å²) in [6.45, 7) is 0.565. The third kappa shape index (κ3) is 3.44. The molecule has 5 heteroatoms. The quantitative estimate of drug-likeness (QED) is 0.814. The first kappa shape index (κ1) is 18.1. The average Bonchev–Trinajstić information content (AvgIpc) is 3.49. The minimum absolute atomic E-state index is 0.0232. The molecule has 0 heterocycles. The summed E-state index contributed by atoms with van der Waals surface area (Å²) in [6.07, 6.45) is 8.98. The van der Waals surface area contributed by atoms with Gasteiger partial charge in [0.2, 0.25) is 11.8 Å². The van der Waals surface area contributed by atoms with Crippen molar-refractivity contribution in [3.63, 3.8) is 0 Å². The first-order chi connectivity index (χ1) is 13.5. The summed E-state index contributed by atoms with van der Waals surface area (Å²) in [5.41, 5.74) is 0.713. The number of hydrogen-bond donors (Lipinski definition) is 1. The van der Waals surface area contributed by atoms with Gasteiger partial charge in [-0.2, -0.15) is 0 Å². The van der Waals surface area contributed by atoms with Crippen molar-refractivity contribution in [2.45, 2.75) is 64.0 Å². The molecule has 0 radical (unpaired) electrons. The monoisotopic (exact) mass is 384 g/mol. The third-order valence-corrected chi connectivity index (χ3v) is 7.49. The van der Waals surface area contributed by atoms with Crippen LogP contribution in [-0.4, -0.2) is 29.3 Å². The summed E-state index contributed by atoms with van der Waals surface area (Å²) in [6, 6.07) is 6.58. The van der Waals surface area contributed by atoms with Gasteiger partial charge in [-0.15, -0.1) is 0 Å². The molecule has 5 aliphatic rings. The van der Waals surface area contributed by atoms with Crippen molar-refractivity contribution >= 4 is 11.8 Å². The molecule has 0 atom stereocenters. The van der Waals surface area contributed by atoms with Crippen molar-refractivity contribution in [1.29, 1.82) is 0 Å². The topological polar surface area (TPSA) is 49.4 Å². The summed E-state index contributed by atoms with van der Waals surface area (Å²) in [4.78, 5) is 27.8. The van der Waals surface area contributed by atoms with Crippen molar-refractivity contribution in [3.8, 4) is 0 Å². The number of hydrogen-bond acceptors (Lipinski definition) is 2. The molecule has 0 unspecified atom stereocenters. The van der Waals surface area contributed by atoms with Crippen LogP contribution in [0.25, 0.3) is 0 Å². The van der Waals surface area contributed by atoms with Gasteiger partial charge in [0.1, 0.15) is 5.82 Å². The van der Waals surface area contributed by atoms with Gasteiger partial charge in [0.25, 0.3) is 0 Å². The van der Waals surface area contributed by atoms with E-state index in [0.717, 1.165) is 37.7 Å². The van der Waals surface area contributed by atoms with Crippen molar-refractivity contribution in [2.75, 3.05) is 6.54 Å². The van der Waals surface area contributed by atoms with Gasteiger partial charge in [0, 0.05) is 18.0 Å². The van der Waals surface area contributed by atoms with Crippen molar-refractivity contribution in [1.82, 2.24) is 10.2 Å². The van der Waals surface area contributed by atoms with E-state index in [1.807, 2.05) is 4.90 Å². The van der Waals surface area contributed by atoms with Crippen LogP contribution in [0.3, 0.4) is 0 Å². The Morgan fingerprint density at radius 3 is 2.11 bits per heavy atom. The molecular formula is C23H29FN2O2. The Labute approximate surface area is 165 Å². The largest absolute Gasteiger partial charge is 0.347 e. The highest BCUT2D eigenvalue weighted by atomic mass is 19.1. The van der Waals surface area contributed by atoms with Crippen LogP contribution in [0.4, 0.5) is 4.39 Å². The summed E-state index contributed by atoms with van der Waals surface area (Å²) < 4.78 is 13.1. The maximum absolute atomic E-state index is 13.1. The van der Waals surface area contributed by atoms with E-state index >= 15 is 0 Å². The number of rotatable bonds is 6. The van der Waals surface area contributed by atoms with Gasteiger partial charge in [0.15, 0.2) is 0 Å². The molecule has 150 valence electrons. The molecule has 0 spiro atoms. The Morgan fingerprint density at radius 1 is 1.00 bits per heavy atom. The zero-order valence-electron chi connectivity index (χ0n) is 16.3. The SMILES string of the molecule is O=C(CNC(=O)C12CC3CC(CC(C3)C1)C2)N(Cc1ccc(F)cc1)C1CC1. The highest BCUT2D eigenvalue weighted by molar-refractivity contribution is 5.88. The first-order valence-corrected chi connectivity index (χ1v) is 10.8. The number of nitrogens with one attached hydrogen (secondary N) is 1. The van der Waals surface area contributed by atoms with Crippen molar-refractivity contribution in [2.24, 2.45) is 23.2 Å². The third-order valence-electron chi connectivity index (χ3n) is 7.49. The van der Waals surface area contributed by atoms with Gasteiger partial charge in [0.05, 0.1) is 6.54 Å². The van der Waals surface area contributed by atoms with E-state index in [1.165, 1.54) is 31.4 Å². The lowest BCUT2D eigenvalue weighted by Crippen LogP contribution is -2.54. The highest BCUT2D eigenvalue weighted by Gasteiger charge is 2.54. The minimum Gasteiger partial charge on any atom is -0.347 e. The smallest absolute Gasteiger partial charge is 0.242 e. The van der Waals surface area contributed by atoms with Crippen LogP contribution in [0.1, 0.15) is 56.9 Å². The number of nitrogens with zero attached hydrogens (tertiary/aromatic N) is 1. The summed E-state index contributed by atoms with van der Waals surface area (Å²) in [7, 11) is 0. The summed E-state index contributed by atoms with van der Waals surface area (Å²) in [5.74, 6) is 1.97. The first-order valence-electron chi connectivity index (χ1n) is 10.8. The molecule has 0 saturated heterocycles. The molecule has 4 nitrogen and oxygen atoms in total. The molecule has 28 heavy (non-hydrogen) atoms. The Morgan fingerprint density at radius 2 is 1.57 bits per heavy atom. The van der Waals surface area contributed by atoms with Crippen LogP contribution in [0.5, 0.6) is 0 Å². The normalized spacial score (nSPS) is 33.0. The van der Waals surface area contributed by atoms with Gasteiger partial charge in [-0.3, -0.25) is 9.59 Å². The number of amides is 2. The predicted molar refractivity (Wildman–Crippen MR) is 104 cm³/mol. The van der Waals surface area contributed by atoms with Crippen LogP contribution >= 0.6 is 0 Å². The lowest BCUT2D eigenvalue weighted by molar-refractivity contribution is -0.148. The average molecular weight is 384 g/mol. The number of carbonyl (C=O) groups excluding carboxylic acids is 2. The van der Waals surface area contributed by atoms with E-state index < -0.39 is 0 Å². The van der Waals surface area contributed by atoms with Gasteiger partial charge < -0.3 is 10.2 Å². The van der Waals surface area contributed by atoms with Gasteiger partial charge in [-0.1, -0.05) is 12.1 Å². The minimum atomic E-state index is -0.268. The Hall–Kier alpha value is -1.91. The molecule has 5 aliphatic carbocycles. The second kappa shape index (κ2) is 6.85. The van der Waals surface area contributed by atoms with E-state index in [0.29, 0.717) is 24.3 Å². The Balaban J connectivity index is 1.21. The Kier molecular flexibility index (Phi) is 4.44. The van der Waals surface area contributed by atoms with Crippen LogP contribution in [0.2, 0.25) is 0 Å². The van der Waals surface area contributed by atoms with E-state index in [4.69, 9.17) is 0 Å². The molecule has 2 amide bonds. The van der Waals surface area contributed by atoms with E-state index in [1.54, 1.807) is 12.1 Å². The fraction of sp³-hybridized carbons (Fsp3) is 0.652. The maximum atomic E-state index is 13.1. The molecule has 5 fully saturated rings. The van der Waals surface area contributed by atoms with Crippen molar-refractivity contribution in [3.05, 3.63) is 35.6 Å². The molecule has 0 aromatic heterocycles. The molecular weight excluding hydrogens is 355 g/mol. The molecule has 1 aromatic carbocycles. The van der Waals surface area contributed by atoms with Crippen LogP contribution in [-0.2, 0) is 16.1 Å². The van der Waals surface area contributed by atoms with Gasteiger partial charge >= 0.3 is 0 Å². The second-order valence-corrected chi connectivity index (χ2v) is 9.76. The molecule has 1 N–H and O–H groups in total. The fourth-order valence-electron chi connectivity index (χ4n) is 6.43. The van der Waals surface area contributed by atoms with Crippen molar-refractivity contribution < 1.29 is 14.0 Å². The van der Waals surface area contributed by atoms with Gasteiger partial charge in [-0.25, -0.2) is 4.39 Å². The zero-order valence-corrected chi connectivity index (χ0v) is 16.3. The Bertz CT molecular complexity index is 736. The highest BCUT2D eigenvalue weighted by Crippen LogP contribution is 2.60. The molecule has 6 rings (SSSR count). The molecule has 5 saturated carbocycles. The van der Waals surface area contributed by atoms with Crippen LogP contribution in [0.15, 0.2) is 24.3 Å². The van der Waals surface area contributed by atoms with Gasteiger partial charge in [-0.05, 0) is 86.8 Å². The zero-order chi connectivity index (χ0) is 19.3. The van der Waals surface area contributed by atoms with E-state index in [9.17, 15) is 14.0 Å². The van der Waals surface area contributed by atoms with Crippen LogP contribution in [0, 0.1) is 29.0 Å². The van der Waals surface area contributed by atoms with Crippen LogP contribution < -0.4 is 5.32 Å². The number of carbonyl (C=O) groups is 2. The lowest BCUT2D eigenvalue weighted by atomic mass is 9.49. The van der Waals surface area contributed by atoms with E-state index in [2.05, 4.69) is 5.32 Å². The molecule has 0 aliphatic heterocycles. The summed E-state index contributed by atoms with van der Waals surface area (Å²) in [5, 5.41) is 3.01. The maximum Gasteiger partial charge on any atom is 0.242 e. The lowest BCUT2D eigenvalue weighted by Gasteiger charge is -2.55.